The third kappa shape index (κ3) is 5.15. The van der Waals surface area contributed by atoms with Gasteiger partial charge in [-0.25, -0.2) is 14.6 Å². The van der Waals surface area contributed by atoms with Gasteiger partial charge in [-0.15, -0.1) is 0 Å². The summed E-state index contributed by atoms with van der Waals surface area (Å²) < 4.78 is 25.3. The van der Waals surface area contributed by atoms with Crippen molar-refractivity contribution < 1.29 is 33.6 Å². The van der Waals surface area contributed by atoms with Crippen LogP contribution in [0.3, 0.4) is 0 Å². The van der Waals surface area contributed by atoms with E-state index in [1.807, 2.05) is 46.9 Å². The lowest BCUT2D eigenvalue weighted by atomic mass is 9.64. The van der Waals surface area contributed by atoms with Crippen molar-refractivity contribution >= 4 is 18.0 Å². The first-order chi connectivity index (χ1) is 17.9. The zero-order valence-corrected chi connectivity index (χ0v) is 23.1. The summed E-state index contributed by atoms with van der Waals surface area (Å²) in [6, 6.07) is 0. The average molecular weight is 527 g/mol. The molecule has 7 atom stereocenters. The molecule has 0 saturated heterocycles. The minimum absolute atomic E-state index is 0.0998. The van der Waals surface area contributed by atoms with Crippen molar-refractivity contribution in [2.75, 3.05) is 14.2 Å². The molecule has 0 aromatic carbocycles. The molecule has 0 saturated carbocycles. The highest BCUT2D eigenvalue weighted by Gasteiger charge is 2.55. The van der Waals surface area contributed by atoms with Gasteiger partial charge in [-0.1, -0.05) is 31.6 Å². The summed E-state index contributed by atoms with van der Waals surface area (Å²) in [5.74, 6) is -3.14. The Balaban J connectivity index is 1.79. The SMILES string of the molecule is COC(=O)/C1=C/[C@@H]2[C@@H](C(C)C)[C@H](O)C=C(C)[C@@H]2C[C@H](OC(=O)/C=C\c2cn(C)cn2)[C@]2(C)C=C[C@@]1(OC)O2. The van der Waals surface area contributed by atoms with E-state index in [9.17, 15) is 14.7 Å². The van der Waals surface area contributed by atoms with Crippen LogP contribution in [0.15, 0.2) is 54.1 Å². The first-order valence-electron chi connectivity index (χ1n) is 12.9. The molecule has 0 radical (unpaired) electrons. The fraction of sp³-hybridized carbons (Fsp3) is 0.552. The molecule has 0 amide bonds. The number of fused-ring (bicyclic) bond motifs is 3. The van der Waals surface area contributed by atoms with E-state index in [0.717, 1.165) is 5.57 Å². The lowest BCUT2D eigenvalue weighted by molar-refractivity contribution is -0.227. The number of hydrogen-bond acceptors (Lipinski definition) is 8. The van der Waals surface area contributed by atoms with Crippen molar-refractivity contribution in [3.63, 3.8) is 0 Å². The van der Waals surface area contributed by atoms with Crippen LogP contribution in [0.4, 0.5) is 0 Å². The summed E-state index contributed by atoms with van der Waals surface area (Å²) in [4.78, 5) is 30.4. The van der Waals surface area contributed by atoms with Crippen LogP contribution in [0, 0.1) is 23.7 Å². The largest absolute Gasteiger partial charge is 0.466 e. The highest BCUT2D eigenvalue weighted by molar-refractivity contribution is 5.91. The minimum atomic E-state index is -1.53. The first kappa shape index (κ1) is 28.0. The molecule has 9 nitrogen and oxygen atoms in total. The van der Waals surface area contributed by atoms with Crippen LogP contribution in [0.1, 0.15) is 39.8 Å². The van der Waals surface area contributed by atoms with E-state index in [2.05, 4.69) is 4.98 Å². The van der Waals surface area contributed by atoms with Gasteiger partial charge in [0.15, 0.2) is 0 Å². The maximum atomic E-state index is 13.1. The predicted molar refractivity (Wildman–Crippen MR) is 140 cm³/mol. The number of aliphatic hydroxyl groups excluding tert-OH is 1. The fourth-order valence-electron chi connectivity index (χ4n) is 6.03. The Kier molecular flexibility index (Phi) is 7.84. The van der Waals surface area contributed by atoms with E-state index >= 15 is 0 Å². The third-order valence-electron chi connectivity index (χ3n) is 8.02. The van der Waals surface area contributed by atoms with E-state index < -0.39 is 35.5 Å². The van der Waals surface area contributed by atoms with E-state index in [4.69, 9.17) is 18.9 Å². The van der Waals surface area contributed by atoms with Gasteiger partial charge in [-0.2, -0.15) is 0 Å². The molecular formula is C29H38N2O7. The molecule has 1 N–H and O–H groups in total. The number of aryl methyl sites for hydroxylation is 1. The topological polar surface area (TPSA) is 109 Å². The Hall–Kier alpha value is -3.01. The molecule has 1 aliphatic carbocycles. The van der Waals surface area contributed by atoms with Crippen LogP contribution in [0.25, 0.3) is 6.08 Å². The van der Waals surface area contributed by atoms with Crippen LogP contribution in [0.2, 0.25) is 0 Å². The van der Waals surface area contributed by atoms with Gasteiger partial charge in [0.2, 0.25) is 5.79 Å². The monoisotopic (exact) mass is 526 g/mol. The van der Waals surface area contributed by atoms with Gasteiger partial charge in [-0.05, 0) is 62.2 Å². The zero-order valence-electron chi connectivity index (χ0n) is 23.1. The average Bonchev–Trinajstić information content (AvgIpc) is 3.45. The van der Waals surface area contributed by atoms with Crippen LogP contribution < -0.4 is 0 Å². The van der Waals surface area contributed by atoms with E-state index in [1.54, 1.807) is 35.3 Å². The van der Waals surface area contributed by atoms with Crippen LogP contribution in [-0.2, 0) is 35.6 Å². The molecule has 1 aromatic rings. The van der Waals surface area contributed by atoms with Crippen molar-refractivity contribution in [1.29, 1.82) is 0 Å². The predicted octanol–water partition coefficient (Wildman–Crippen LogP) is 3.36. The molecule has 2 bridgehead atoms. The van der Waals surface area contributed by atoms with Crippen molar-refractivity contribution in [2.45, 2.75) is 57.7 Å². The minimum Gasteiger partial charge on any atom is -0.466 e. The molecule has 4 rings (SSSR count). The quantitative estimate of drug-likeness (QED) is 0.342. The van der Waals surface area contributed by atoms with Crippen molar-refractivity contribution in [3.8, 4) is 0 Å². The van der Waals surface area contributed by atoms with Crippen LogP contribution in [0.5, 0.6) is 0 Å². The Morgan fingerprint density at radius 1 is 1.26 bits per heavy atom. The molecule has 0 spiro atoms. The highest BCUT2D eigenvalue weighted by Crippen LogP contribution is 2.49. The second-order valence-corrected chi connectivity index (χ2v) is 10.9. The first-order valence-corrected chi connectivity index (χ1v) is 12.9. The number of carbonyl (C=O) groups is 2. The molecule has 0 unspecified atom stereocenters. The molecular weight excluding hydrogens is 488 g/mol. The molecule has 206 valence electrons. The smallest absolute Gasteiger partial charge is 0.339 e. The number of rotatable bonds is 6. The standard InChI is InChI=1S/C29H38N2O7/c1-17(2)26-21-13-22(27(34)35-6)29(36-7)11-10-28(4,38-29)24(14-20(21)18(3)12-23(26)32)37-25(33)9-8-19-15-31(5)16-30-19/h8-13,15-17,20-21,23-24,26,32H,14H2,1-7H3/b9-8-,22-13-/t20-,21-,23+,24-,26+,28-,29+/m0/s1. The number of nitrogens with zero attached hydrogens (tertiary/aromatic N) is 2. The van der Waals surface area contributed by atoms with Gasteiger partial charge < -0.3 is 28.6 Å². The summed E-state index contributed by atoms with van der Waals surface area (Å²) in [6.07, 6.45) is 12.5. The van der Waals surface area contributed by atoms with E-state index in [-0.39, 0.29) is 29.2 Å². The Bertz CT molecular complexity index is 1200. The van der Waals surface area contributed by atoms with Crippen molar-refractivity contribution in [3.05, 3.63) is 59.7 Å². The fourth-order valence-corrected chi connectivity index (χ4v) is 6.03. The number of imidazole rings is 1. The summed E-state index contributed by atoms with van der Waals surface area (Å²) in [6.45, 7) is 7.88. The molecule has 2 aliphatic heterocycles. The Morgan fingerprint density at radius 3 is 2.61 bits per heavy atom. The summed E-state index contributed by atoms with van der Waals surface area (Å²) in [7, 11) is 4.62. The van der Waals surface area contributed by atoms with Gasteiger partial charge in [0.1, 0.15) is 11.7 Å². The summed E-state index contributed by atoms with van der Waals surface area (Å²) >= 11 is 0. The highest BCUT2D eigenvalue weighted by atomic mass is 16.7. The van der Waals surface area contributed by atoms with E-state index in [1.165, 1.54) is 20.3 Å². The molecule has 9 heteroatoms. The van der Waals surface area contributed by atoms with E-state index in [0.29, 0.717) is 12.1 Å². The molecule has 1 aromatic heterocycles. The van der Waals surface area contributed by atoms with Crippen LogP contribution in [-0.4, -0.2) is 64.4 Å². The number of ether oxygens (including phenoxy) is 4. The number of hydrogen-bond donors (Lipinski definition) is 1. The number of methoxy groups -OCH3 is 2. The maximum Gasteiger partial charge on any atom is 0.339 e. The Labute approximate surface area is 223 Å². The van der Waals surface area contributed by atoms with Crippen molar-refractivity contribution in [1.82, 2.24) is 9.55 Å². The van der Waals surface area contributed by atoms with Gasteiger partial charge in [0, 0.05) is 26.4 Å². The van der Waals surface area contributed by atoms with Crippen LogP contribution >= 0.6 is 0 Å². The van der Waals surface area contributed by atoms with Gasteiger partial charge in [0.05, 0.1) is 30.8 Å². The van der Waals surface area contributed by atoms with Gasteiger partial charge in [-0.3, -0.25) is 0 Å². The molecule has 3 aliphatic rings. The Morgan fingerprint density at radius 2 is 2.00 bits per heavy atom. The third-order valence-corrected chi connectivity index (χ3v) is 8.02. The maximum absolute atomic E-state index is 13.1. The number of aliphatic hydroxyl groups is 1. The summed E-state index contributed by atoms with van der Waals surface area (Å²) in [5, 5.41) is 11.1. The molecule has 38 heavy (non-hydrogen) atoms. The van der Waals surface area contributed by atoms with Gasteiger partial charge >= 0.3 is 11.9 Å². The second kappa shape index (κ2) is 10.6. The normalized spacial score (nSPS) is 36.1. The number of aromatic nitrogens is 2. The number of carbonyl (C=O) groups excluding carboxylic acids is 2. The van der Waals surface area contributed by atoms with Gasteiger partial charge in [0.25, 0.3) is 0 Å². The second-order valence-electron chi connectivity index (χ2n) is 10.9. The zero-order chi connectivity index (χ0) is 27.8. The summed E-state index contributed by atoms with van der Waals surface area (Å²) in [5.41, 5.74) is 0.692. The lowest BCUT2D eigenvalue weighted by Gasteiger charge is -2.43. The molecule has 0 fully saturated rings. The number of allylic oxidation sites excluding steroid dienone is 2. The molecule has 3 heterocycles. The van der Waals surface area contributed by atoms with Crippen molar-refractivity contribution in [2.24, 2.45) is 30.7 Å². The lowest BCUT2D eigenvalue weighted by Crippen LogP contribution is -2.48. The number of esters is 2.